The fourth-order valence-electron chi connectivity index (χ4n) is 3.16. The van der Waals surface area contributed by atoms with E-state index in [1.54, 1.807) is 6.07 Å². The van der Waals surface area contributed by atoms with Gasteiger partial charge in [-0.05, 0) is 42.9 Å². The molecule has 1 aliphatic carbocycles. The molecule has 1 fully saturated rings. The van der Waals surface area contributed by atoms with Crippen molar-refractivity contribution in [2.45, 2.75) is 25.7 Å². The summed E-state index contributed by atoms with van der Waals surface area (Å²) in [6, 6.07) is 3.90. The van der Waals surface area contributed by atoms with Crippen molar-refractivity contribution >= 4 is 5.69 Å². The van der Waals surface area contributed by atoms with Crippen LogP contribution in [0.5, 0.6) is 0 Å². The summed E-state index contributed by atoms with van der Waals surface area (Å²) in [5.74, 6) is -0.123. The van der Waals surface area contributed by atoms with Crippen molar-refractivity contribution in [1.29, 1.82) is 5.26 Å². The number of hydrogen-bond donors (Lipinski definition) is 1. The molecule has 1 aliphatic heterocycles. The topological polar surface area (TPSA) is 39.1 Å². The number of fused-ring (bicyclic) bond motifs is 1. The van der Waals surface area contributed by atoms with Crippen molar-refractivity contribution in [3.63, 3.8) is 0 Å². The zero-order valence-electron chi connectivity index (χ0n) is 11.0. The molecule has 0 saturated carbocycles. The van der Waals surface area contributed by atoms with E-state index in [0.29, 0.717) is 5.56 Å². The molecule has 0 aromatic heterocycles. The largest absolute Gasteiger partial charge is 0.368 e. The van der Waals surface area contributed by atoms with Crippen LogP contribution in [0.25, 0.3) is 0 Å². The number of piperazine rings is 1. The SMILES string of the molecule is N#Cc1c(N2CCNCC2)cc(F)c2c1CCCC2. The highest BCUT2D eigenvalue weighted by atomic mass is 19.1. The van der Waals surface area contributed by atoms with E-state index in [-0.39, 0.29) is 5.82 Å². The number of nitrogens with zero attached hydrogens (tertiary/aromatic N) is 2. The molecule has 4 heteroatoms. The monoisotopic (exact) mass is 259 g/mol. The molecule has 0 radical (unpaired) electrons. The lowest BCUT2D eigenvalue weighted by atomic mass is 9.87. The first-order chi connectivity index (χ1) is 9.31. The van der Waals surface area contributed by atoms with Crippen molar-refractivity contribution in [3.05, 3.63) is 28.6 Å². The van der Waals surface area contributed by atoms with Crippen molar-refractivity contribution in [3.8, 4) is 6.07 Å². The van der Waals surface area contributed by atoms with Gasteiger partial charge in [-0.25, -0.2) is 4.39 Å². The van der Waals surface area contributed by atoms with E-state index >= 15 is 0 Å². The maximum absolute atomic E-state index is 14.3. The van der Waals surface area contributed by atoms with Crippen molar-refractivity contribution in [2.75, 3.05) is 31.1 Å². The van der Waals surface area contributed by atoms with Crippen LogP contribution in [-0.4, -0.2) is 26.2 Å². The Bertz CT molecular complexity index is 527. The van der Waals surface area contributed by atoms with Gasteiger partial charge in [0.2, 0.25) is 0 Å². The van der Waals surface area contributed by atoms with Gasteiger partial charge in [-0.2, -0.15) is 5.26 Å². The third-order valence-corrected chi connectivity index (χ3v) is 4.15. The smallest absolute Gasteiger partial charge is 0.128 e. The van der Waals surface area contributed by atoms with Crippen LogP contribution >= 0.6 is 0 Å². The van der Waals surface area contributed by atoms with Crippen LogP contribution in [0.4, 0.5) is 10.1 Å². The van der Waals surface area contributed by atoms with Crippen LogP contribution in [0.3, 0.4) is 0 Å². The van der Waals surface area contributed by atoms with Crippen LogP contribution in [0.15, 0.2) is 6.07 Å². The number of benzene rings is 1. The van der Waals surface area contributed by atoms with E-state index in [2.05, 4.69) is 16.3 Å². The highest BCUT2D eigenvalue weighted by molar-refractivity contribution is 5.65. The summed E-state index contributed by atoms with van der Waals surface area (Å²) in [5, 5.41) is 12.8. The molecule has 0 atom stereocenters. The molecule has 19 heavy (non-hydrogen) atoms. The Kier molecular flexibility index (Phi) is 3.39. The van der Waals surface area contributed by atoms with Gasteiger partial charge in [0.1, 0.15) is 11.9 Å². The fraction of sp³-hybridized carbons (Fsp3) is 0.533. The molecule has 3 rings (SSSR count). The molecular formula is C15H18FN3. The first-order valence-corrected chi connectivity index (χ1v) is 7.01. The average molecular weight is 259 g/mol. The third-order valence-electron chi connectivity index (χ3n) is 4.15. The zero-order valence-corrected chi connectivity index (χ0v) is 11.0. The standard InChI is InChI=1S/C15H18FN3/c16-14-9-15(19-7-5-18-6-8-19)13(10-17)11-3-1-2-4-12(11)14/h9,18H,1-8H2. The van der Waals surface area contributed by atoms with E-state index in [9.17, 15) is 9.65 Å². The molecule has 100 valence electrons. The maximum atomic E-state index is 14.3. The number of nitrogens with one attached hydrogen (secondary N) is 1. The molecule has 2 aliphatic rings. The van der Waals surface area contributed by atoms with Gasteiger partial charge in [-0.1, -0.05) is 0 Å². The second-order valence-corrected chi connectivity index (χ2v) is 5.27. The van der Waals surface area contributed by atoms with Crippen molar-refractivity contribution in [2.24, 2.45) is 0 Å². The molecule has 1 saturated heterocycles. The van der Waals surface area contributed by atoms with Crippen LogP contribution in [0, 0.1) is 17.1 Å². The van der Waals surface area contributed by atoms with Gasteiger partial charge in [0, 0.05) is 26.2 Å². The Morgan fingerprint density at radius 2 is 1.84 bits per heavy atom. The second kappa shape index (κ2) is 5.18. The predicted molar refractivity (Wildman–Crippen MR) is 72.8 cm³/mol. The first kappa shape index (κ1) is 12.4. The van der Waals surface area contributed by atoms with Crippen molar-refractivity contribution < 1.29 is 4.39 Å². The summed E-state index contributed by atoms with van der Waals surface area (Å²) in [7, 11) is 0. The summed E-state index contributed by atoms with van der Waals surface area (Å²) in [4.78, 5) is 2.13. The number of halogens is 1. The van der Waals surface area contributed by atoms with E-state index in [1.807, 2.05) is 0 Å². The second-order valence-electron chi connectivity index (χ2n) is 5.27. The van der Waals surface area contributed by atoms with Gasteiger partial charge in [-0.15, -0.1) is 0 Å². The zero-order chi connectivity index (χ0) is 13.2. The van der Waals surface area contributed by atoms with Gasteiger partial charge in [0.05, 0.1) is 11.3 Å². The molecule has 0 amide bonds. The summed E-state index contributed by atoms with van der Waals surface area (Å²) >= 11 is 0. The molecule has 1 heterocycles. The molecule has 1 aromatic rings. The highest BCUT2D eigenvalue weighted by Gasteiger charge is 2.24. The van der Waals surface area contributed by atoms with Gasteiger partial charge < -0.3 is 10.2 Å². The lowest BCUT2D eigenvalue weighted by Gasteiger charge is -2.32. The van der Waals surface area contributed by atoms with Gasteiger partial charge in [-0.3, -0.25) is 0 Å². The summed E-state index contributed by atoms with van der Waals surface area (Å²) in [5.41, 5.74) is 3.24. The Balaban J connectivity index is 2.09. The Morgan fingerprint density at radius 1 is 1.16 bits per heavy atom. The Labute approximate surface area is 113 Å². The van der Waals surface area contributed by atoms with Crippen LogP contribution in [0.2, 0.25) is 0 Å². The number of rotatable bonds is 1. The van der Waals surface area contributed by atoms with Gasteiger partial charge in [0.25, 0.3) is 0 Å². The maximum Gasteiger partial charge on any atom is 0.128 e. The van der Waals surface area contributed by atoms with E-state index in [4.69, 9.17) is 0 Å². The van der Waals surface area contributed by atoms with Crippen molar-refractivity contribution in [1.82, 2.24) is 5.32 Å². The molecular weight excluding hydrogens is 241 g/mol. The van der Waals surface area contributed by atoms with E-state index in [1.165, 1.54) is 0 Å². The minimum atomic E-state index is -0.123. The Morgan fingerprint density at radius 3 is 2.53 bits per heavy atom. The molecule has 1 N–H and O–H groups in total. The average Bonchev–Trinajstić information content (AvgIpc) is 2.48. The highest BCUT2D eigenvalue weighted by Crippen LogP contribution is 2.33. The van der Waals surface area contributed by atoms with Gasteiger partial charge in [0.15, 0.2) is 0 Å². The van der Waals surface area contributed by atoms with Gasteiger partial charge >= 0.3 is 0 Å². The number of anilines is 1. The molecule has 0 unspecified atom stereocenters. The summed E-state index contributed by atoms with van der Waals surface area (Å²) < 4.78 is 14.3. The van der Waals surface area contributed by atoms with Crippen LogP contribution < -0.4 is 10.2 Å². The minimum Gasteiger partial charge on any atom is -0.368 e. The quantitative estimate of drug-likeness (QED) is 0.838. The lowest BCUT2D eigenvalue weighted by molar-refractivity contribution is 0.567. The minimum absolute atomic E-state index is 0.123. The lowest BCUT2D eigenvalue weighted by Crippen LogP contribution is -2.44. The number of hydrogen-bond acceptors (Lipinski definition) is 3. The van der Waals surface area contributed by atoms with E-state index in [0.717, 1.165) is 68.7 Å². The summed E-state index contributed by atoms with van der Waals surface area (Å²) in [6.07, 6.45) is 3.71. The molecule has 0 bridgehead atoms. The first-order valence-electron chi connectivity index (χ1n) is 7.01. The molecule has 1 aromatic carbocycles. The summed E-state index contributed by atoms with van der Waals surface area (Å²) in [6.45, 7) is 3.47. The fourth-order valence-corrected chi connectivity index (χ4v) is 3.16. The Hall–Kier alpha value is -1.60. The third kappa shape index (κ3) is 2.19. The molecule has 3 nitrogen and oxygen atoms in total. The van der Waals surface area contributed by atoms with E-state index < -0.39 is 0 Å². The van der Waals surface area contributed by atoms with Crippen LogP contribution in [-0.2, 0) is 12.8 Å². The normalized spacial score (nSPS) is 18.8. The molecule has 0 spiro atoms. The predicted octanol–water partition coefficient (Wildman–Crippen LogP) is 1.99. The number of nitriles is 1. The van der Waals surface area contributed by atoms with Crippen LogP contribution in [0.1, 0.15) is 29.5 Å².